The molecule has 234 valence electrons. The SMILES string of the molecule is Cc1c(N2C(=O)Nc3c(C(=O)N[C@@H]4CCCN(C(=O)CCC[SH](=O)=O)C4)sc4nccc2c34)ccc(Oc2ccccc2)c1F. The number of hydrogen-bond acceptors (Lipinski definition) is 8. The van der Waals surface area contributed by atoms with E-state index in [4.69, 9.17) is 4.74 Å². The van der Waals surface area contributed by atoms with Crippen molar-refractivity contribution in [1.29, 1.82) is 0 Å². The minimum absolute atomic E-state index is 0.0252. The second-order valence-corrected chi connectivity index (χ2v) is 12.9. The predicted octanol–water partition coefficient (Wildman–Crippen LogP) is 5.33. The van der Waals surface area contributed by atoms with E-state index in [1.165, 1.54) is 17.2 Å². The van der Waals surface area contributed by atoms with Gasteiger partial charge in [0, 0.05) is 43.1 Å². The monoisotopic (exact) mass is 651 g/mol. The number of nitrogens with zero attached hydrogens (tertiary/aromatic N) is 3. The fourth-order valence-corrected chi connectivity index (χ4v) is 7.10. The third kappa shape index (κ3) is 6.20. The minimum atomic E-state index is -2.53. The van der Waals surface area contributed by atoms with Gasteiger partial charge in [-0.05, 0) is 56.5 Å². The van der Waals surface area contributed by atoms with Crippen LogP contribution in [-0.2, 0) is 15.5 Å². The maximum absolute atomic E-state index is 15.5. The van der Waals surface area contributed by atoms with Crippen molar-refractivity contribution in [3.05, 3.63) is 71.0 Å². The summed E-state index contributed by atoms with van der Waals surface area (Å²) in [5.41, 5.74) is 1.31. The third-order valence-electron chi connectivity index (χ3n) is 7.83. The Morgan fingerprint density at radius 2 is 1.96 bits per heavy atom. The maximum Gasteiger partial charge on any atom is 0.331 e. The van der Waals surface area contributed by atoms with Crippen LogP contribution in [0.15, 0.2) is 54.7 Å². The summed E-state index contributed by atoms with van der Waals surface area (Å²) in [6.45, 7) is 2.42. The average Bonchev–Trinajstić information content (AvgIpc) is 3.40. The van der Waals surface area contributed by atoms with Crippen LogP contribution in [0.2, 0.25) is 0 Å². The first-order valence-electron chi connectivity index (χ1n) is 14.5. The van der Waals surface area contributed by atoms with E-state index in [1.807, 2.05) is 6.07 Å². The second kappa shape index (κ2) is 12.8. The van der Waals surface area contributed by atoms with Gasteiger partial charge in [0.1, 0.15) is 26.2 Å². The van der Waals surface area contributed by atoms with Crippen LogP contribution in [-0.4, -0.2) is 61.0 Å². The fraction of sp³-hybridized carbons (Fsp3) is 0.290. The number of halogens is 1. The smallest absolute Gasteiger partial charge is 0.331 e. The molecule has 1 atom stereocenters. The summed E-state index contributed by atoms with van der Waals surface area (Å²) >= 11 is 1.13. The number of benzene rings is 2. The van der Waals surface area contributed by atoms with E-state index in [0.717, 1.165) is 11.3 Å². The molecule has 0 spiro atoms. The molecule has 4 heterocycles. The Bertz CT molecular complexity index is 1870. The first-order chi connectivity index (χ1) is 21.7. The highest BCUT2D eigenvalue weighted by Crippen LogP contribution is 2.47. The molecule has 0 radical (unpaired) electrons. The van der Waals surface area contributed by atoms with Crippen LogP contribution in [0.25, 0.3) is 10.2 Å². The van der Waals surface area contributed by atoms with Crippen LogP contribution in [0.3, 0.4) is 0 Å². The highest BCUT2D eigenvalue weighted by Gasteiger charge is 2.35. The molecule has 1 fully saturated rings. The molecule has 2 aliphatic heterocycles. The summed E-state index contributed by atoms with van der Waals surface area (Å²) in [5.74, 6) is -0.684. The van der Waals surface area contributed by atoms with Crippen molar-refractivity contribution < 1.29 is 31.9 Å². The van der Waals surface area contributed by atoms with Gasteiger partial charge >= 0.3 is 6.03 Å². The Kier molecular flexibility index (Phi) is 8.67. The molecule has 0 bridgehead atoms. The Balaban J connectivity index is 1.24. The summed E-state index contributed by atoms with van der Waals surface area (Å²) in [7, 11) is -2.53. The molecule has 2 aromatic heterocycles. The van der Waals surface area contributed by atoms with Gasteiger partial charge in [-0.3, -0.25) is 14.5 Å². The van der Waals surface area contributed by atoms with E-state index in [9.17, 15) is 22.8 Å². The number of pyridine rings is 1. The third-order valence-corrected chi connectivity index (χ3v) is 9.60. The number of ether oxygens (including phenoxy) is 1. The molecule has 0 unspecified atom stereocenters. The molecule has 1 saturated heterocycles. The number of rotatable bonds is 9. The van der Waals surface area contributed by atoms with Gasteiger partial charge in [0.05, 0.1) is 22.4 Å². The first-order valence-corrected chi connectivity index (χ1v) is 16.6. The normalized spacial score (nSPS) is 16.2. The lowest BCUT2D eigenvalue weighted by Crippen LogP contribution is -2.49. The lowest BCUT2D eigenvalue weighted by Gasteiger charge is -2.33. The molecule has 4 amide bonds. The first kappa shape index (κ1) is 30.5. The number of aromatic nitrogens is 1. The average molecular weight is 652 g/mol. The van der Waals surface area contributed by atoms with Crippen molar-refractivity contribution in [1.82, 2.24) is 15.2 Å². The van der Waals surface area contributed by atoms with Gasteiger partial charge in [-0.15, -0.1) is 11.3 Å². The van der Waals surface area contributed by atoms with Crippen LogP contribution < -0.4 is 20.3 Å². The van der Waals surface area contributed by atoms with Gasteiger partial charge in [0.25, 0.3) is 5.91 Å². The lowest BCUT2D eigenvalue weighted by molar-refractivity contribution is -0.132. The molecule has 0 saturated carbocycles. The Hall–Kier alpha value is -4.56. The molecule has 2 aromatic carbocycles. The van der Waals surface area contributed by atoms with Crippen LogP contribution in [0.4, 0.5) is 26.2 Å². The van der Waals surface area contributed by atoms with E-state index in [1.54, 1.807) is 48.2 Å². The number of amides is 4. The minimum Gasteiger partial charge on any atom is -0.454 e. The van der Waals surface area contributed by atoms with Gasteiger partial charge in [0.15, 0.2) is 11.6 Å². The largest absolute Gasteiger partial charge is 0.454 e. The van der Waals surface area contributed by atoms with Gasteiger partial charge < -0.3 is 20.3 Å². The number of urea groups is 1. The van der Waals surface area contributed by atoms with Crippen LogP contribution >= 0.6 is 11.3 Å². The molecule has 11 nitrogen and oxygen atoms in total. The molecule has 6 rings (SSSR count). The number of thiophene rings is 1. The molecule has 45 heavy (non-hydrogen) atoms. The number of anilines is 3. The molecule has 4 aromatic rings. The van der Waals surface area contributed by atoms with Crippen molar-refractivity contribution in [3.8, 4) is 11.5 Å². The molecular weight excluding hydrogens is 622 g/mol. The van der Waals surface area contributed by atoms with E-state index < -0.39 is 28.5 Å². The van der Waals surface area contributed by atoms with E-state index in [2.05, 4.69) is 15.6 Å². The number of piperidine rings is 1. The molecule has 14 heteroatoms. The lowest BCUT2D eigenvalue weighted by atomic mass is 10.0. The maximum atomic E-state index is 15.5. The Morgan fingerprint density at radius 3 is 2.73 bits per heavy atom. The molecule has 0 aliphatic carbocycles. The zero-order valence-corrected chi connectivity index (χ0v) is 26.0. The van der Waals surface area contributed by atoms with Gasteiger partial charge in [0.2, 0.25) is 5.91 Å². The Labute approximate surface area is 263 Å². The highest BCUT2D eigenvalue weighted by molar-refractivity contribution is 7.72. The molecule has 2 aliphatic rings. The van der Waals surface area contributed by atoms with Crippen molar-refractivity contribution in [3.63, 3.8) is 0 Å². The van der Waals surface area contributed by atoms with E-state index in [0.29, 0.717) is 59.0 Å². The fourth-order valence-electron chi connectivity index (χ4n) is 5.66. The number of thiol groups is 1. The van der Waals surface area contributed by atoms with E-state index in [-0.39, 0.29) is 46.7 Å². The van der Waals surface area contributed by atoms with Crippen molar-refractivity contribution in [2.24, 2.45) is 0 Å². The zero-order chi connectivity index (χ0) is 31.7. The summed E-state index contributed by atoms with van der Waals surface area (Å²) in [6.07, 6.45) is 3.29. The van der Waals surface area contributed by atoms with Gasteiger partial charge in [-0.1, -0.05) is 18.2 Å². The van der Waals surface area contributed by atoms with Crippen molar-refractivity contribution in [2.45, 2.75) is 38.6 Å². The number of hydrogen-bond donors (Lipinski definition) is 3. The van der Waals surface area contributed by atoms with Crippen LogP contribution in [0.5, 0.6) is 11.5 Å². The van der Waals surface area contributed by atoms with Crippen LogP contribution in [0.1, 0.15) is 40.9 Å². The predicted molar refractivity (Wildman–Crippen MR) is 170 cm³/mol. The summed E-state index contributed by atoms with van der Waals surface area (Å²) in [5, 5.41) is 6.39. The number of carbonyl (C=O) groups excluding carboxylic acids is 3. The topological polar surface area (TPSA) is 138 Å². The van der Waals surface area contributed by atoms with Crippen molar-refractivity contribution in [2.75, 3.05) is 29.1 Å². The second-order valence-electron chi connectivity index (χ2n) is 10.8. The number of nitrogens with one attached hydrogen (secondary N) is 2. The summed E-state index contributed by atoms with van der Waals surface area (Å²) in [6, 6.07) is 12.7. The van der Waals surface area contributed by atoms with Gasteiger partial charge in [-0.25, -0.2) is 22.6 Å². The number of carbonyl (C=O) groups is 3. The van der Waals surface area contributed by atoms with Gasteiger partial charge in [-0.2, -0.15) is 0 Å². The standard InChI is InChI=1S/C31H30FN5O6S2/c1-18-21(11-12-23(26(18)32)43-20-8-3-2-4-9-20)37-22-13-14-33-30-25(22)27(35-31(37)40)28(44-30)29(39)34-19-7-5-15-36(17-19)24(38)10-6-16-45(41)42/h2-4,8-9,11-14,19,45H,5-7,10,15-17H2,1H3,(H,34,39)(H,35,40)/t19-/m1/s1. The van der Waals surface area contributed by atoms with E-state index >= 15 is 4.39 Å². The van der Waals surface area contributed by atoms with Crippen molar-refractivity contribution >= 4 is 67.2 Å². The number of likely N-dealkylation sites (tertiary alicyclic amines) is 1. The zero-order valence-electron chi connectivity index (χ0n) is 24.2. The number of para-hydroxylation sites is 1. The summed E-state index contributed by atoms with van der Waals surface area (Å²) in [4.78, 5) is 48.0. The highest BCUT2D eigenvalue weighted by atomic mass is 32.2. The summed E-state index contributed by atoms with van der Waals surface area (Å²) < 4.78 is 42.9. The molecule has 2 N–H and O–H groups in total. The Morgan fingerprint density at radius 1 is 1.16 bits per heavy atom. The van der Waals surface area contributed by atoms with Crippen LogP contribution in [0, 0.1) is 12.7 Å². The molecular formula is C31H30FN5O6S2. The quantitative estimate of drug-likeness (QED) is 0.208.